The van der Waals surface area contributed by atoms with Crippen LogP contribution in [0.5, 0.6) is 0 Å². The summed E-state index contributed by atoms with van der Waals surface area (Å²) in [6, 6.07) is 2.33. The van der Waals surface area contributed by atoms with E-state index in [0.29, 0.717) is 6.54 Å². The molecule has 0 saturated heterocycles. The SMILES string of the molecule is CCCCNC(=O)COC(=O)c1ccc(S(=O)(=O)NC2CC2)o1. The molecule has 0 radical (unpaired) electrons. The molecule has 0 atom stereocenters. The van der Waals surface area contributed by atoms with Crippen LogP contribution in [0.25, 0.3) is 0 Å². The average molecular weight is 344 g/mol. The van der Waals surface area contributed by atoms with E-state index in [1.807, 2.05) is 6.92 Å². The summed E-state index contributed by atoms with van der Waals surface area (Å²) in [5.41, 5.74) is 0. The fourth-order valence-corrected chi connectivity index (χ4v) is 2.95. The number of rotatable bonds is 9. The van der Waals surface area contributed by atoms with Crippen LogP contribution in [-0.4, -0.2) is 39.5 Å². The first-order valence-corrected chi connectivity index (χ1v) is 8.96. The van der Waals surface area contributed by atoms with Crippen molar-refractivity contribution in [3.8, 4) is 0 Å². The topological polar surface area (TPSA) is 115 Å². The van der Waals surface area contributed by atoms with Gasteiger partial charge in [0.15, 0.2) is 6.61 Å². The van der Waals surface area contributed by atoms with Gasteiger partial charge in [-0.1, -0.05) is 13.3 Å². The predicted molar refractivity (Wildman–Crippen MR) is 80.3 cm³/mol. The molecule has 1 heterocycles. The molecule has 2 N–H and O–H groups in total. The number of unbranched alkanes of at least 4 members (excludes halogenated alkanes) is 1. The van der Waals surface area contributed by atoms with Crippen LogP contribution in [0.4, 0.5) is 0 Å². The summed E-state index contributed by atoms with van der Waals surface area (Å²) in [7, 11) is -3.76. The number of sulfonamides is 1. The first kappa shape index (κ1) is 17.5. The molecule has 0 aliphatic heterocycles. The van der Waals surface area contributed by atoms with Gasteiger partial charge < -0.3 is 14.5 Å². The van der Waals surface area contributed by atoms with Gasteiger partial charge in [0.25, 0.3) is 15.9 Å². The van der Waals surface area contributed by atoms with E-state index in [9.17, 15) is 18.0 Å². The van der Waals surface area contributed by atoms with Crippen LogP contribution in [-0.2, 0) is 19.6 Å². The van der Waals surface area contributed by atoms with Crippen LogP contribution in [0, 0.1) is 0 Å². The number of hydrogen-bond acceptors (Lipinski definition) is 6. The van der Waals surface area contributed by atoms with Crippen molar-refractivity contribution in [2.75, 3.05) is 13.2 Å². The summed E-state index contributed by atoms with van der Waals surface area (Å²) in [4.78, 5) is 23.2. The molecule has 1 amide bonds. The van der Waals surface area contributed by atoms with Crippen molar-refractivity contribution in [3.63, 3.8) is 0 Å². The number of amides is 1. The molecule has 1 aromatic heterocycles. The molecule has 0 unspecified atom stereocenters. The van der Waals surface area contributed by atoms with E-state index in [1.54, 1.807) is 0 Å². The van der Waals surface area contributed by atoms with Crippen molar-refractivity contribution in [1.82, 2.24) is 10.0 Å². The molecule has 23 heavy (non-hydrogen) atoms. The quantitative estimate of drug-likeness (QED) is 0.506. The van der Waals surface area contributed by atoms with Crippen molar-refractivity contribution in [1.29, 1.82) is 0 Å². The maximum atomic E-state index is 11.9. The highest BCUT2D eigenvalue weighted by atomic mass is 32.2. The standard InChI is InChI=1S/C14H20N2O6S/c1-2-3-8-15-12(17)9-21-14(18)11-6-7-13(22-11)23(19,20)16-10-4-5-10/h6-7,10,16H,2-5,8-9H2,1H3,(H,15,17). The minimum absolute atomic E-state index is 0.0627. The molecule has 0 bridgehead atoms. The normalized spacial score (nSPS) is 14.5. The first-order valence-electron chi connectivity index (χ1n) is 7.48. The van der Waals surface area contributed by atoms with E-state index in [4.69, 9.17) is 9.15 Å². The highest BCUT2D eigenvalue weighted by molar-refractivity contribution is 7.89. The fraction of sp³-hybridized carbons (Fsp3) is 0.571. The van der Waals surface area contributed by atoms with Crippen LogP contribution in [0.3, 0.4) is 0 Å². The van der Waals surface area contributed by atoms with E-state index in [-0.39, 0.29) is 16.9 Å². The number of esters is 1. The Balaban J connectivity index is 1.84. The Hall–Kier alpha value is -1.87. The zero-order chi connectivity index (χ0) is 16.9. The second-order valence-corrected chi connectivity index (χ2v) is 6.94. The number of ether oxygens (including phenoxy) is 1. The van der Waals surface area contributed by atoms with Crippen molar-refractivity contribution >= 4 is 21.9 Å². The molecule has 1 fully saturated rings. The van der Waals surface area contributed by atoms with Crippen molar-refractivity contribution in [2.45, 2.75) is 43.7 Å². The van der Waals surface area contributed by atoms with E-state index >= 15 is 0 Å². The molecule has 9 heteroatoms. The summed E-state index contributed by atoms with van der Waals surface area (Å²) in [5, 5.41) is 2.25. The minimum atomic E-state index is -3.76. The zero-order valence-electron chi connectivity index (χ0n) is 12.8. The van der Waals surface area contributed by atoms with E-state index in [1.165, 1.54) is 12.1 Å². The Kier molecular flexibility index (Phi) is 5.78. The number of carbonyl (C=O) groups is 2. The van der Waals surface area contributed by atoms with Crippen LogP contribution in [0.1, 0.15) is 43.2 Å². The maximum absolute atomic E-state index is 11.9. The van der Waals surface area contributed by atoms with Gasteiger partial charge >= 0.3 is 5.97 Å². The second-order valence-electron chi connectivity index (χ2n) is 5.29. The largest absolute Gasteiger partial charge is 0.450 e. The molecule has 128 valence electrons. The van der Waals surface area contributed by atoms with Gasteiger partial charge in [-0.05, 0) is 31.4 Å². The third kappa shape index (κ3) is 5.36. The Labute approximate surface area is 134 Å². The van der Waals surface area contributed by atoms with Crippen molar-refractivity contribution in [2.24, 2.45) is 0 Å². The summed E-state index contributed by atoms with van der Waals surface area (Å²) in [6.45, 7) is 2.07. The summed E-state index contributed by atoms with van der Waals surface area (Å²) in [6.07, 6.45) is 3.37. The first-order chi connectivity index (χ1) is 10.9. The van der Waals surface area contributed by atoms with Crippen molar-refractivity contribution < 1.29 is 27.2 Å². The average Bonchev–Trinajstić information content (AvgIpc) is 3.15. The smallest absolute Gasteiger partial charge is 0.374 e. The van der Waals surface area contributed by atoms with Gasteiger partial charge in [-0.25, -0.2) is 17.9 Å². The molecule has 1 aromatic rings. The Morgan fingerprint density at radius 1 is 1.35 bits per heavy atom. The molecule has 2 rings (SSSR count). The third-order valence-electron chi connectivity index (χ3n) is 3.13. The number of nitrogens with one attached hydrogen (secondary N) is 2. The van der Waals surface area contributed by atoms with Crippen LogP contribution in [0.2, 0.25) is 0 Å². The van der Waals surface area contributed by atoms with Gasteiger partial charge in [0, 0.05) is 12.6 Å². The minimum Gasteiger partial charge on any atom is -0.450 e. The Morgan fingerprint density at radius 2 is 2.09 bits per heavy atom. The Morgan fingerprint density at radius 3 is 2.74 bits per heavy atom. The Bertz CT molecular complexity index is 663. The molecule has 0 spiro atoms. The number of hydrogen-bond donors (Lipinski definition) is 2. The lowest BCUT2D eigenvalue weighted by atomic mass is 10.3. The van der Waals surface area contributed by atoms with Gasteiger partial charge in [0.2, 0.25) is 10.9 Å². The molecule has 1 aliphatic carbocycles. The molecular weight excluding hydrogens is 324 g/mol. The van der Waals surface area contributed by atoms with Gasteiger partial charge in [-0.2, -0.15) is 0 Å². The molecule has 0 aromatic carbocycles. The van der Waals surface area contributed by atoms with Crippen molar-refractivity contribution in [3.05, 3.63) is 17.9 Å². The summed E-state index contributed by atoms with van der Waals surface area (Å²) in [5.74, 6) is -1.56. The highest BCUT2D eigenvalue weighted by Gasteiger charge is 2.30. The van der Waals surface area contributed by atoms with Crippen LogP contribution < -0.4 is 10.0 Å². The lowest BCUT2D eigenvalue weighted by Gasteiger charge is -2.05. The molecule has 1 saturated carbocycles. The van der Waals surface area contributed by atoms with Gasteiger partial charge in [0.1, 0.15) is 0 Å². The van der Waals surface area contributed by atoms with E-state index in [0.717, 1.165) is 25.7 Å². The monoisotopic (exact) mass is 344 g/mol. The van der Waals surface area contributed by atoms with Gasteiger partial charge in [-0.15, -0.1) is 0 Å². The molecule has 1 aliphatic rings. The van der Waals surface area contributed by atoms with Crippen LogP contribution in [0.15, 0.2) is 21.6 Å². The maximum Gasteiger partial charge on any atom is 0.374 e. The molecular formula is C14H20N2O6S. The predicted octanol–water partition coefficient (Wildman–Crippen LogP) is 0.793. The zero-order valence-corrected chi connectivity index (χ0v) is 13.6. The summed E-state index contributed by atoms with van der Waals surface area (Å²) >= 11 is 0. The number of carbonyl (C=O) groups excluding carboxylic acids is 2. The van der Waals surface area contributed by atoms with Gasteiger partial charge in [-0.3, -0.25) is 4.79 Å². The van der Waals surface area contributed by atoms with E-state index < -0.39 is 28.5 Å². The van der Waals surface area contributed by atoms with E-state index in [2.05, 4.69) is 10.0 Å². The summed E-state index contributed by atoms with van der Waals surface area (Å²) < 4.78 is 36.1. The number of furan rings is 1. The lowest BCUT2D eigenvalue weighted by molar-refractivity contribution is -0.124. The van der Waals surface area contributed by atoms with Crippen LogP contribution >= 0.6 is 0 Å². The lowest BCUT2D eigenvalue weighted by Crippen LogP contribution is -2.29. The second kappa shape index (κ2) is 7.60. The third-order valence-corrected chi connectivity index (χ3v) is 4.53. The molecule has 8 nitrogen and oxygen atoms in total. The highest BCUT2D eigenvalue weighted by Crippen LogP contribution is 2.23. The van der Waals surface area contributed by atoms with Gasteiger partial charge in [0.05, 0.1) is 0 Å². The fourth-order valence-electron chi connectivity index (χ4n) is 1.71.